The highest BCUT2D eigenvalue weighted by atomic mass is 16.5. The van der Waals surface area contributed by atoms with Crippen LogP contribution in [0.25, 0.3) is 0 Å². The largest absolute Gasteiger partial charge is 0.361 e. The number of carbonyl (C=O) groups is 2. The molecule has 1 fully saturated rings. The number of nitrogens with one attached hydrogen (secondary N) is 1. The minimum Gasteiger partial charge on any atom is -0.361 e. The highest BCUT2D eigenvalue weighted by Crippen LogP contribution is 2.33. The molecule has 27 heavy (non-hydrogen) atoms. The summed E-state index contributed by atoms with van der Waals surface area (Å²) in [6.45, 7) is 1.84. The Kier molecular flexibility index (Phi) is 4.24. The van der Waals surface area contributed by atoms with Crippen LogP contribution >= 0.6 is 0 Å². The second-order valence-electron chi connectivity index (χ2n) is 6.68. The third-order valence-electron chi connectivity index (χ3n) is 4.75. The van der Waals surface area contributed by atoms with E-state index >= 15 is 0 Å². The van der Waals surface area contributed by atoms with Crippen molar-refractivity contribution in [2.24, 2.45) is 0 Å². The second-order valence-corrected chi connectivity index (χ2v) is 6.68. The molecule has 1 atom stereocenters. The zero-order valence-corrected chi connectivity index (χ0v) is 14.9. The fourth-order valence-electron chi connectivity index (χ4n) is 3.47. The summed E-state index contributed by atoms with van der Waals surface area (Å²) in [6.07, 6.45) is 0.372. The molecule has 0 aliphatic carbocycles. The van der Waals surface area contributed by atoms with Crippen LogP contribution in [0.5, 0.6) is 0 Å². The van der Waals surface area contributed by atoms with Gasteiger partial charge in [0.25, 0.3) is 5.91 Å². The minimum absolute atomic E-state index is 0.0748. The molecule has 1 saturated heterocycles. The molecule has 4 rings (SSSR count). The molecule has 1 aliphatic heterocycles. The maximum atomic E-state index is 13.4. The van der Waals surface area contributed by atoms with Crippen molar-refractivity contribution in [1.82, 2.24) is 15.4 Å². The van der Waals surface area contributed by atoms with E-state index in [1.807, 2.05) is 60.7 Å². The topological polar surface area (TPSA) is 75.4 Å². The first-order chi connectivity index (χ1) is 13.1. The van der Waals surface area contributed by atoms with Crippen LogP contribution in [0.15, 0.2) is 71.3 Å². The number of imide groups is 1. The van der Waals surface area contributed by atoms with Gasteiger partial charge in [-0.3, -0.25) is 9.69 Å². The zero-order chi connectivity index (χ0) is 18.9. The first-order valence-electron chi connectivity index (χ1n) is 8.74. The van der Waals surface area contributed by atoms with Crippen molar-refractivity contribution in [2.45, 2.75) is 25.4 Å². The first kappa shape index (κ1) is 17.0. The third kappa shape index (κ3) is 3.10. The molecular formula is C21H19N3O3. The lowest BCUT2D eigenvalue weighted by Gasteiger charge is -2.27. The number of nitrogens with zero attached hydrogens (tertiary/aromatic N) is 2. The molecule has 3 amide bonds. The summed E-state index contributed by atoms with van der Waals surface area (Å²) in [6, 6.07) is 20.3. The number of hydrogen-bond donors (Lipinski definition) is 1. The Morgan fingerprint density at radius 1 is 1.04 bits per heavy atom. The summed E-state index contributed by atoms with van der Waals surface area (Å²) < 4.78 is 5.06. The van der Waals surface area contributed by atoms with E-state index < -0.39 is 11.6 Å². The number of aryl methyl sites for hydroxylation is 1. The Morgan fingerprint density at radius 2 is 1.70 bits per heavy atom. The summed E-state index contributed by atoms with van der Waals surface area (Å²) in [5.41, 5.74) is 1.12. The lowest BCUT2D eigenvalue weighted by Crippen LogP contribution is -2.46. The van der Waals surface area contributed by atoms with Gasteiger partial charge in [-0.2, -0.15) is 0 Å². The first-order valence-corrected chi connectivity index (χ1v) is 8.74. The standard InChI is InChI=1S/C21H19N3O3/c1-15-12-18(23-27-15)14-24-19(25)21(22-20(24)26,17-10-6-3-7-11-17)13-16-8-4-2-5-9-16/h2-12H,13-14H2,1H3,(H,22,26). The molecule has 1 unspecified atom stereocenters. The average Bonchev–Trinajstić information content (AvgIpc) is 3.20. The van der Waals surface area contributed by atoms with Crippen molar-refractivity contribution >= 4 is 11.9 Å². The molecule has 1 aliphatic rings. The molecule has 1 N–H and O–H groups in total. The Balaban J connectivity index is 1.72. The average molecular weight is 361 g/mol. The Bertz CT molecular complexity index is 969. The van der Waals surface area contributed by atoms with Crippen molar-refractivity contribution in [3.8, 4) is 0 Å². The van der Waals surface area contributed by atoms with Crippen LogP contribution in [0.3, 0.4) is 0 Å². The number of amides is 3. The molecule has 0 radical (unpaired) electrons. The number of urea groups is 1. The molecule has 3 aromatic rings. The van der Waals surface area contributed by atoms with E-state index in [4.69, 9.17) is 4.52 Å². The van der Waals surface area contributed by atoms with Gasteiger partial charge in [-0.05, 0) is 18.1 Å². The van der Waals surface area contributed by atoms with E-state index in [2.05, 4.69) is 10.5 Å². The Labute approximate surface area is 156 Å². The van der Waals surface area contributed by atoms with Gasteiger partial charge < -0.3 is 9.84 Å². The maximum Gasteiger partial charge on any atom is 0.325 e. The van der Waals surface area contributed by atoms with Crippen molar-refractivity contribution in [3.05, 3.63) is 89.3 Å². The van der Waals surface area contributed by atoms with Gasteiger partial charge in [-0.1, -0.05) is 65.8 Å². The minimum atomic E-state index is -1.14. The highest BCUT2D eigenvalue weighted by Gasteiger charge is 2.52. The van der Waals surface area contributed by atoms with Gasteiger partial charge in [0.2, 0.25) is 0 Å². The van der Waals surface area contributed by atoms with Gasteiger partial charge in [-0.25, -0.2) is 4.79 Å². The number of benzene rings is 2. The monoisotopic (exact) mass is 361 g/mol. The lowest BCUT2D eigenvalue weighted by atomic mass is 9.83. The van der Waals surface area contributed by atoms with Gasteiger partial charge in [0, 0.05) is 12.5 Å². The van der Waals surface area contributed by atoms with Crippen molar-refractivity contribution in [3.63, 3.8) is 0 Å². The van der Waals surface area contributed by atoms with E-state index in [0.717, 1.165) is 11.1 Å². The van der Waals surface area contributed by atoms with Crippen LogP contribution in [-0.4, -0.2) is 22.0 Å². The predicted molar refractivity (Wildman–Crippen MR) is 98.6 cm³/mol. The Hall–Kier alpha value is -3.41. The number of hydrogen-bond acceptors (Lipinski definition) is 4. The van der Waals surface area contributed by atoms with Crippen LogP contribution in [0.2, 0.25) is 0 Å². The summed E-state index contributed by atoms with van der Waals surface area (Å²) in [4.78, 5) is 27.4. The van der Waals surface area contributed by atoms with E-state index in [0.29, 0.717) is 17.9 Å². The van der Waals surface area contributed by atoms with Gasteiger partial charge in [0.1, 0.15) is 11.5 Å². The van der Waals surface area contributed by atoms with E-state index in [1.54, 1.807) is 13.0 Å². The molecule has 6 nitrogen and oxygen atoms in total. The molecule has 2 heterocycles. The summed E-state index contributed by atoms with van der Waals surface area (Å²) >= 11 is 0. The highest BCUT2D eigenvalue weighted by molar-refractivity contribution is 6.07. The smallest absolute Gasteiger partial charge is 0.325 e. The molecule has 136 valence electrons. The Morgan fingerprint density at radius 3 is 2.33 bits per heavy atom. The van der Waals surface area contributed by atoms with Crippen molar-refractivity contribution < 1.29 is 14.1 Å². The summed E-state index contributed by atoms with van der Waals surface area (Å²) in [5.74, 6) is 0.346. The van der Waals surface area contributed by atoms with Crippen LogP contribution in [0.4, 0.5) is 4.79 Å². The number of rotatable bonds is 5. The van der Waals surface area contributed by atoms with Gasteiger partial charge in [0.15, 0.2) is 5.54 Å². The van der Waals surface area contributed by atoms with E-state index in [9.17, 15) is 9.59 Å². The third-order valence-corrected chi connectivity index (χ3v) is 4.75. The predicted octanol–water partition coefficient (Wildman–Crippen LogP) is 3.17. The molecule has 6 heteroatoms. The maximum absolute atomic E-state index is 13.4. The van der Waals surface area contributed by atoms with E-state index in [-0.39, 0.29) is 12.5 Å². The van der Waals surface area contributed by atoms with E-state index in [1.165, 1.54) is 4.90 Å². The SMILES string of the molecule is Cc1cc(CN2C(=O)NC(Cc3ccccc3)(c3ccccc3)C2=O)no1. The molecule has 2 aromatic carbocycles. The second kappa shape index (κ2) is 6.72. The van der Waals surface area contributed by atoms with Gasteiger partial charge >= 0.3 is 6.03 Å². The zero-order valence-electron chi connectivity index (χ0n) is 14.9. The quantitative estimate of drug-likeness (QED) is 0.708. The fraction of sp³-hybridized carbons (Fsp3) is 0.190. The van der Waals surface area contributed by atoms with Crippen LogP contribution < -0.4 is 5.32 Å². The molecule has 1 aromatic heterocycles. The number of carbonyl (C=O) groups excluding carboxylic acids is 2. The van der Waals surface area contributed by atoms with Gasteiger partial charge in [-0.15, -0.1) is 0 Å². The molecule has 0 bridgehead atoms. The molecule has 0 saturated carbocycles. The van der Waals surface area contributed by atoms with Gasteiger partial charge in [0.05, 0.1) is 6.54 Å². The van der Waals surface area contributed by atoms with Crippen LogP contribution in [0, 0.1) is 6.92 Å². The van der Waals surface area contributed by atoms with Crippen LogP contribution in [0.1, 0.15) is 22.6 Å². The van der Waals surface area contributed by atoms with Crippen molar-refractivity contribution in [2.75, 3.05) is 0 Å². The number of aromatic nitrogens is 1. The fourth-order valence-corrected chi connectivity index (χ4v) is 3.47. The summed E-state index contributed by atoms with van der Waals surface area (Å²) in [5, 5.41) is 6.84. The lowest BCUT2D eigenvalue weighted by molar-refractivity contribution is -0.132. The molecule has 0 spiro atoms. The normalized spacial score (nSPS) is 19.4. The van der Waals surface area contributed by atoms with Crippen molar-refractivity contribution in [1.29, 1.82) is 0 Å². The molecular weight excluding hydrogens is 342 g/mol. The van der Waals surface area contributed by atoms with Crippen LogP contribution in [-0.2, 0) is 23.3 Å². The summed E-state index contributed by atoms with van der Waals surface area (Å²) in [7, 11) is 0.